The Labute approximate surface area is 164 Å². The molecule has 0 bridgehead atoms. The molecule has 0 saturated heterocycles. The lowest BCUT2D eigenvalue weighted by Gasteiger charge is -2.25. The van der Waals surface area contributed by atoms with E-state index in [1.807, 2.05) is 42.5 Å². The molecule has 6 heteroatoms. The number of hydrogen-bond donors (Lipinski definition) is 1. The Morgan fingerprint density at radius 2 is 1.79 bits per heavy atom. The summed E-state index contributed by atoms with van der Waals surface area (Å²) in [5.41, 5.74) is 4.24. The van der Waals surface area contributed by atoms with Crippen LogP contribution in [0.3, 0.4) is 0 Å². The topological polar surface area (TPSA) is 77.2 Å². The van der Waals surface area contributed by atoms with E-state index in [4.69, 9.17) is 4.74 Å². The predicted molar refractivity (Wildman–Crippen MR) is 108 cm³/mol. The van der Waals surface area contributed by atoms with Gasteiger partial charge >= 0.3 is 5.97 Å². The average Bonchev–Trinajstić information content (AvgIpc) is 3.08. The first-order valence-electron chi connectivity index (χ1n) is 9.15. The van der Waals surface area contributed by atoms with Crippen LogP contribution in [0.15, 0.2) is 54.6 Å². The van der Waals surface area contributed by atoms with Crippen molar-refractivity contribution >= 4 is 17.0 Å². The molecule has 3 rings (SSSR count). The molecule has 2 aromatic carbocycles. The SMILES string of the molecule is C=C(C)C(=O)OC(CO)c1ccc(-n2nc3ccccc3n2)c(C(C)(C)C)c1. The van der Waals surface area contributed by atoms with E-state index in [2.05, 4.69) is 37.5 Å². The van der Waals surface area contributed by atoms with Gasteiger partial charge in [-0.05, 0) is 47.7 Å². The first-order valence-corrected chi connectivity index (χ1v) is 9.15. The minimum atomic E-state index is -0.760. The van der Waals surface area contributed by atoms with Crippen molar-refractivity contribution in [2.24, 2.45) is 0 Å². The monoisotopic (exact) mass is 379 g/mol. The Morgan fingerprint density at radius 3 is 2.29 bits per heavy atom. The van der Waals surface area contributed by atoms with Gasteiger partial charge in [0.2, 0.25) is 0 Å². The molecule has 0 spiro atoms. The fourth-order valence-electron chi connectivity index (χ4n) is 2.94. The smallest absolute Gasteiger partial charge is 0.333 e. The van der Waals surface area contributed by atoms with E-state index in [9.17, 15) is 9.90 Å². The summed E-state index contributed by atoms with van der Waals surface area (Å²) in [7, 11) is 0. The van der Waals surface area contributed by atoms with Gasteiger partial charge in [0.05, 0.1) is 12.3 Å². The zero-order chi connectivity index (χ0) is 20.5. The summed E-state index contributed by atoms with van der Waals surface area (Å²) in [6, 6.07) is 13.4. The highest BCUT2D eigenvalue weighted by molar-refractivity contribution is 5.87. The number of aliphatic hydroxyl groups excluding tert-OH is 1. The van der Waals surface area contributed by atoms with Crippen molar-refractivity contribution in [2.45, 2.75) is 39.2 Å². The van der Waals surface area contributed by atoms with Crippen LogP contribution in [0.5, 0.6) is 0 Å². The molecule has 0 fully saturated rings. The lowest BCUT2D eigenvalue weighted by Crippen LogP contribution is -2.19. The molecule has 6 nitrogen and oxygen atoms in total. The Bertz CT molecular complexity index is 998. The van der Waals surface area contributed by atoms with Gasteiger partial charge in [0.15, 0.2) is 6.10 Å². The fourth-order valence-corrected chi connectivity index (χ4v) is 2.94. The molecule has 0 aliphatic rings. The van der Waals surface area contributed by atoms with Crippen LogP contribution in [-0.4, -0.2) is 32.7 Å². The summed E-state index contributed by atoms with van der Waals surface area (Å²) in [5, 5.41) is 18.9. The molecule has 1 unspecified atom stereocenters. The van der Waals surface area contributed by atoms with E-state index in [1.165, 1.54) is 0 Å². The summed E-state index contributed by atoms with van der Waals surface area (Å²) >= 11 is 0. The van der Waals surface area contributed by atoms with Crippen molar-refractivity contribution in [1.82, 2.24) is 15.0 Å². The number of ether oxygens (including phenoxy) is 1. The number of nitrogens with zero attached hydrogens (tertiary/aromatic N) is 3. The van der Waals surface area contributed by atoms with Crippen LogP contribution >= 0.6 is 0 Å². The molecular weight excluding hydrogens is 354 g/mol. The van der Waals surface area contributed by atoms with Gasteiger partial charge in [-0.25, -0.2) is 4.79 Å². The highest BCUT2D eigenvalue weighted by Crippen LogP contribution is 2.32. The van der Waals surface area contributed by atoms with E-state index in [1.54, 1.807) is 11.7 Å². The van der Waals surface area contributed by atoms with Gasteiger partial charge in [-0.15, -0.1) is 10.2 Å². The lowest BCUT2D eigenvalue weighted by atomic mass is 9.84. The summed E-state index contributed by atoms with van der Waals surface area (Å²) in [4.78, 5) is 13.5. The molecule has 1 heterocycles. The number of carbonyl (C=O) groups excluding carboxylic acids is 1. The van der Waals surface area contributed by atoms with Gasteiger partial charge in [0, 0.05) is 5.57 Å². The number of rotatable bonds is 5. The Balaban J connectivity index is 2.07. The minimum absolute atomic E-state index is 0.219. The maximum atomic E-state index is 11.9. The number of aromatic nitrogens is 3. The zero-order valence-corrected chi connectivity index (χ0v) is 16.6. The minimum Gasteiger partial charge on any atom is -0.452 e. The predicted octanol–water partition coefficient (Wildman–Crippen LogP) is 3.87. The Morgan fingerprint density at radius 1 is 1.18 bits per heavy atom. The fraction of sp³-hybridized carbons (Fsp3) is 0.318. The number of carbonyl (C=O) groups is 1. The van der Waals surface area contributed by atoms with Crippen molar-refractivity contribution in [2.75, 3.05) is 6.61 Å². The van der Waals surface area contributed by atoms with Crippen LogP contribution in [0.1, 0.15) is 44.9 Å². The molecule has 146 valence electrons. The van der Waals surface area contributed by atoms with Crippen LogP contribution in [0.4, 0.5) is 0 Å². The highest BCUT2D eigenvalue weighted by Gasteiger charge is 2.24. The molecule has 0 saturated carbocycles. The summed E-state index contributed by atoms with van der Waals surface area (Å²) in [6.45, 7) is 11.1. The van der Waals surface area contributed by atoms with Gasteiger partial charge in [0.25, 0.3) is 0 Å². The maximum Gasteiger partial charge on any atom is 0.333 e. The third-order valence-electron chi connectivity index (χ3n) is 4.47. The van der Waals surface area contributed by atoms with Crippen molar-refractivity contribution in [1.29, 1.82) is 0 Å². The molecule has 0 aliphatic carbocycles. The van der Waals surface area contributed by atoms with Crippen LogP contribution < -0.4 is 0 Å². The van der Waals surface area contributed by atoms with Crippen molar-refractivity contribution in [3.8, 4) is 5.69 Å². The summed E-state index contributed by atoms with van der Waals surface area (Å²) in [5.74, 6) is -0.527. The van der Waals surface area contributed by atoms with Crippen LogP contribution in [0.25, 0.3) is 16.7 Å². The lowest BCUT2D eigenvalue weighted by molar-refractivity contribution is -0.146. The molecular formula is C22H25N3O3. The number of benzene rings is 2. The average molecular weight is 379 g/mol. The zero-order valence-electron chi connectivity index (χ0n) is 16.6. The van der Waals surface area contributed by atoms with E-state index < -0.39 is 12.1 Å². The van der Waals surface area contributed by atoms with Gasteiger partial charge in [-0.2, -0.15) is 4.80 Å². The van der Waals surface area contributed by atoms with Gasteiger partial charge in [-0.3, -0.25) is 0 Å². The second-order valence-electron chi connectivity index (χ2n) is 7.86. The first kappa shape index (κ1) is 19.8. The van der Waals surface area contributed by atoms with E-state index in [-0.39, 0.29) is 12.0 Å². The van der Waals surface area contributed by atoms with Crippen molar-refractivity contribution in [3.63, 3.8) is 0 Å². The number of aliphatic hydroxyl groups is 1. The van der Waals surface area contributed by atoms with Gasteiger partial charge in [0.1, 0.15) is 11.0 Å². The number of esters is 1. The summed E-state index contributed by atoms with van der Waals surface area (Å²) < 4.78 is 5.38. The largest absolute Gasteiger partial charge is 0.452 e. The quantitative estimate of drug-likeness (QED) is 0.538. The second kappa shape index (κ2) is 7.56. The molecule has 1 aromatic heterocycles. The van der Waals surface area contributed by atoms with E-state index in [0.29, 0.717) is 11.1 Å². The number of hydrogen-bond acceptors (Lipinski definition) is 5. The van der Waals surface area contributed by atoms with Crippen molar-refractivity contribution < 1.29 is 14.6 Å². The normalized spacial score (nSPS) is 12.8. The number of fused-ring (bicyclic) bond motifs is 1. The van der Waals surface area contributed by atoms with E-state index >= 15 is 0 Å². The van der Waals surface area contributed by atoms with E-state index in [0.717, 1.165) is 22.3 Å². The summed E-state index contributed by atoms with van der Waals surface area (Å²) in [6.07, 6.45) is -0.760. The molecule has 28 heavy (non-hydrogen) atoms. The third kappa shape index (κ3) is 3.97. The third-order valence-corrected chi connectivity index (χ3v) is 4.47. The molecule has 1 atom stereocenters. The van der Waals surface area contributed by atoms with Crippen molar-refractivity contribution in [3.05, 3.63) is 65.7 Å². The van der Waals surface area contributed by atoms with Gasteiger partial charge < -0.3 is 9.84 Å². The Hall–Kier alpha value is -2.99. The van der Waals surface area contributed by atoms with Crippen LogP contribution in [0, 0.1) is 0 Å². The first-order chi connectivity index (χ1) is 13.2. The standard InChI is InChI=1S/C22H25N3O3/c1-14(2)21(27)28-20(13-26)15-10-11-19(16(12-15)22(3,4)5)25-23-17-8-6-7-9-18(17)24-25/h6-12,20,26H,1,13H2,2-5H3. The Kier molecular flexibility index (Phi) is 5.34. The molecule has 0 aliphatic heterocycles. The molecule has 0 amide bonds. The van der Waals surface area contributed by atoms with Gasteiger partial charge in [-0.1, -0.05) is 45.5 Å². The molecule has 3 aromatic rings. The molecule has 0 radical (unpaired) electrons. The van der Waals surface area contributed by atoms with Crippen LogP contribution in [-0.2, 0) is 14.9 Å². The van der Waals surface area contributed by atoms with Crippen LogP contribution in [0.2, 0.25) is 0 Å². The highest BCUT2D eigenvalue weighted by atomic mass is 16.6. The second-order valence-corrected chi connectivity index (χ2v) is 7.86. The molecule has 1 N–H and O–H groups in total. The maximum absolute atomic E-state index is 11.9.